The number of aromatic nitrogens is 3. The third-order valence-corrected chi connectivity index (χ3v) is 2.75. The lowest BCUT2D eigenvalue weighted by molar-refractivity contribution is 0.169. The molecular weight excluding hydrogens is 237 g/mol. The number of methoxy groups -OCH3 is 1. The number of hydrogen-bond acceptors (Lipinski definition) is 4. The number of ether oxygens (including phenoxy) is 1. The number of hydrogen-bond donors (Lipinski definition) is 1. The van der Waals surface area contributed by atoms with Crippen LogP contribution in [0.3, 0.4) is 0 Å². The highest BCUT2D eigenvalue weighted by molar-refractivity contribution is 5.30. The molecule has 5 nitrogen and oxygen atoms in total. The topological polar surface area (TPSA) is 60.2 Å². The summed E-state index contributed by atoms with van der Waals surface area (Å²) in [6.45, 7) is 0. The SMILES string of the molecule is COc1ccc(C(O)Cc2ncnn2C)c(F)c1. The summed E-state index contributed by atoms with van der Waals surface area (Å²) < 4.78 is 20.2. The highest BCUT2D eigenvalue weighted by Gasteiger charge is 2.16. The van der Waals surface area contributed by atoms with E-state index in [4.69, 9.17) is 4.74 Å². The number of aliphatic hydroxyl groups excluding tert-OH is 1. The van der Waals surface area contributed by atoms with Gasteiger partial charge in [0, 0.05) is 25.1 Å². The summed E-state index contributed by atoms with van der Waals surface area (Å²) in [5.74, 6) is 0.517. The van der Waals surface area contributed by atoms with Gasteiger partial charge in [0.25, 0.3) is 0 Å². The highest BCUT2D eigenvalue weighted by Crippen LogP contribution is 2.23. The molecule has 0 aliphatic heterocycles. The Labute approximate surface area is 104 Å². The molecular formula is C12H14FN3O2. The monoisotopic (exact) mass is 251 g/mol. The van der Waals surface area contributed by atoms with Gasteiger partial charge in [-0.2, -0.15) is 5.10 Å². The summed E-state index contributed by atoms with van der Waals surface area (Å²) in [6.07, 6.45) is 0.644. The van der Waals surface area contributed by atoms with Gasteiger partial charge in [0.15, 0.2) is 0 Å². The van der Waals surface area contributed by atoms with Crippen LogP contribution in [0.15, 0.2) is 24.5 Å². The van der Waals surface area contributed by atoms with Crippen molar-refractivity contribution >= 4 is 0 Å². The molecule has 18 heavy (non-hydrogen) atoms. The largest absolute Gasteiger partial charge is 0.497 e. The van der Waals surface area contributed by atoms with Crippen molar-refractivity contribution in [3.63, 3.8) is 0 Å². The second kappa shape index (κ2) is 5.14. The van der Waals surface area contributed by atoms with Gasteiger partial charge in [-0.1, -0.05) is 0 Å². The van der Waals surface area contributed by atoms with E-state index in [0.29, 0.717) is 11.6 Å². The standard InChI is InChI=1S/C12H14FN3O2/c1-16-12(14-7-15-16)6-11(17)9-4-3-8(18-2)5-10(9)13/h3-5,7,11,17H,6H2,1-2H3. The first-order chi connectivity index (χ1) is 8.61. The summed E-state index contributed by atoms with van der Waals surface area (Å²) in [7, 11) is 3.18. The predicted molar refractivity (Wildman–Crippen MR) is 62.6 cm³/mol. The highest BCUT2D eigenvalue weighted by atomic mass is 19.1. The maximum atomic E-state index is 13.7. The molecule has 1 N–H and O–H groups in total. The molecule has 1 heterocycles. The van der Waals surface area contributed by atoms with E-state index in [1.165, 1.54) is 25.6 Å². The molecule has 1 atom stereocenters. The summed E-state index contributed by atoms with van der Waals surface area (Å²) in [5, 5.41) is 13.9. The Bertz CT molecular complexity index is 542. The van der Waals surface area contributed by atoms with Gasteiger partial charge in [-0.15, -0.1) is 0 Å². The molecule has 1 unspecified atom stereocenters. The van der Waals surface area contributed by atoms with E-state index in [1.807, 2.05) is 0 Å². The lowest BCUT2D eigenvalue weighted by Gasteiger charge is -2.12. The summed E-state index contributed by atoms with van der Waals surface area (Å²) in [4.78, 5) is 3.99. The van der Waals surface area contributed by atoms with Crippen LogP contribution in [0.5, 0.6) is 5.75 Å². The van der Waals surface area contributed by atoms with Crippen molar-refractivity contribution in [1.29, 1.82) is 0 Å². The number of aryl methyl sites for hydroxylation is 1. The zero-order chi connectivity index (χ0) is 13.1. The zero-order valence-electron chi connectivity index (χ0n) is 10.2. The molecule has 6 heteroatoms. The number of nitrogens with zero attached hydrogens (tertiary/aromatic N) is 3. The maximum Gasteiger partial charge on any atom is 0.138 e. The second-order valence-electron chi connectivity index (χ2n) is 3.91. The Hall–Kier alpha value is -1.95. The van der Waals surface area contributed by atoms with Crippen molar-refractivity contribution in [2.45, 2.75) is 12.5 Å². The van der Waals surface area contributed by atoms with Crippen LogP contribution in [0.25, 0.3) is 0 Å². The molecule has 0 amide bonds. The van der Waals surface area contributed by atoms with Crippen molar-refractivity contribution < 1.29 is 14.2 Å². The molecule has 0 saturated heterocycles. The Kier molecular flexibility index (Phi) is 3.57. The molecule has 2 rings (SSSR count). The minimum Gasteiger partial charge on any atom is -0.497 e. The first-order valence-corrected chi connectivity index (χ1v) is 5.46. The molecule has 0 spiro atoms. The van der Waals surface area contributed by atoms with Gasteiger partial charge in [-0.3, -0.25) is 4.68 Å². The molecule has 0 saturated carbocycles. The van der Waals surface area contributed by atoms with Crippen LogP contribution in [0.2, 0.25) is 0 Å². The quantitative estimate of drug-likeness (QED) is 0.888. The van der Waals surface area contributed by atoms with Gasteiger partial charge in [-0.25, -0.2) is 9.37 Å². The Morgan fingerprint density at radius 2 is 2.28 bits per heavy atom. The number of aliphatic hydroxyl groups is 1. The smallest absolute Gasteiger partial charge is 0.138 e. The average molecular weight is 251 g/mol. The van der Waals surface area contributed by atoms with Crippen LogP contribution in [0, 0.1) is 5.82 Å². The molecule has 1 aromatic heterocycles. The van der Waals surface area contributed by atoms with Crippen molar-refractivity contribution in [3.05, 3.63) is 41.7 Å². The van der Waals surface area contributed by atoms with E-state index in [0.717, 1.165) is 0 Å². The second-order valence-corrected chi connectivity index (χ2v) is 3.91. The van der Waals surface area contributed by atoms with E-state index in [9.17, 15) is 9.50 Å². The Balaban J connectivity index is 2.19. The van der Waals surface area contributed by atoms with Crippen LogP contribution in [-0.4, -0.2) is 27.0 Å². The third kappa shape index (κ3) is 2.48. The molecule has 0 aliphatic rings. The van der Waals surface area contributed by atoms with Gasteiger partial charge in [0.05, 0.1) is 13.2 Å². The summed E-state index contributed by atoms with van der Waals surface area (Å²) in [5.41, 5.74) is 0.221. The molecule has 96 valence electrons. The lowest BCUT2D eigenvalue weighted by atomic mass is 10.1. The van der Waals surface area contributed by atoms with Crippen LogP contribution >= 0.6 is 0 Å². The fourth-order valence-corrected chi connectivity index (χ4v) is 1.69. The van der Waals surface area contributed by atoms with Crippen molar-refractivity contribution in [1.82, 2.24) is 14.8 Å². The fourth-order valence-electron chi connectivity index (χ4n) is 1.69. The summed E-state index contributed by atoms with van der Waals surface area (Å²) in [6, 6.07) is 4.36. The Morgan fingerprint density at radius 3 is 2.83 bits per heavy atom. The Morgan fingerprint density at radius 1 is 1.50 bits per heavy atom. The van der Waals surface area contributed by atoms with Gasteiger partial charge < -0.3 is 9.84 Å². The van der Waals surface area contributed by atoms with Crippen molar-refractivity contribution in [2.24, 2.45) is 7.05 Å². The third-order valence-electron chi connectivity index (χ3n) is 2.75. The van der Waals surface area contributed by atoms with Crippen LogP contribution < -0.4 is 4.74 Å². The number of rotatable bonds is 4. The first-order valence-electron chi connectivity index (χ1n) is 5.46. The summed E-state index contributed by atoms with van der Waals surface area (Å²) >= 11 is 0. The van der Waals surface area contributed by atoms with Gasteiger partial charge in [0.1, 0.15) is 23.7 Å². The van der Waals surface area contributed by atoms with Crippen molar-refractivity contribution in [2.75, 3.05) is 7.11 Å². The fraction of sp³-hybridized carbons (Fsp3) is 0.333. The minimum atomic E-state index is -0.959. The van der Waals surface area contributed by atoms with Crippen LogP contribution in [0.1, 0.15) is 17.5 Å². The van der Waals surface area contributed by atoms with E-state index in [-0.39, 0.29) is 12.0 Å². The minimum absolute atomic E-state index is 0.208. The first kappa shape index (κ1) is 12.5. The van der Waals surface area contributed by atoms with E-state index in [1.54, 1.807) is 17.8 Å². The van der Waals surface area contributed by atoms with Gasteiger partial charge in [0.2, 0.25) is 0 Å². The molecule has 0 fully saturated rings. The molecule has 0 aliphatic carbocycles. The number of benzene rings is 1. The molecule has 1 aromatic carbocycles. The van der Waals surface area contributed by atoms with E-state index >= 15 is 0 Å². The van der Waals surface area contributed by atoms with Crippen LogP contribution in [0.4, 0.5) is 4.39 Å². The maximum absolute atomic E-state index is 13.7. The average Bonchev–Trinajstić information content (AvgIpc) is 2.74. The van der Waals surface area contributed by atoms with Gasteiger partial charge in [-0.05, 0) is 12.1 Å². The van der Waals surface area contributed by atoms with Crippen molar-refractivity contribution in [3.8, 4) is 5.75 Å². The lowest BCUT2D eigenvalue weighted by Crippen LogP contribution is -2.09. The molecule has 0 radical (unpaired) electrons. The predicted octanol–water partition coefficient (Wildman–Crippen LogP) is 1.24. The normalized spacial score (nSPS) is 12.4. The molecule has 2 aromatic rings. The van der Waals surface area contributed by atoms with Crippen LogP contribution in [-0.2, 0) is 13.5 Å². The zero-order valence-corrected chi connectivity index (χ0v) is 10.2. The van der Waals surface area contributed by atoms with E-state index in [2.05, 4.69) is 10.1 Å². The van der Waals surface area contributed by atoms with E-state index < -0.39 is 11.9 Å². The van der Waals surface area contributed by atoms with Gasteiger partial charge >= 0.3 is 0 Å². The number of halogens is 1. The molecule has 0 bridgehead atoms.